The third kappa shape index (κ3) is 3.71. The number of hydrogen-bond acceptors (Lipinski definition) is 4. The second kappa shape index (κ2) is 6.92. The molecule has 1 aromatic heterocycles. The van der Waals surface area contributed by atoms with Crippen molar-refractivity contribution in [3.8, 4) is 0 Å². The van der Waals surface area contributed by atoms with Gasteiger partial charge >= 0.3 is 0 Å². The van der Waals surface area contributed by atoms with Crippen molar-refractivity contribution in [2.24, 2.45) is 0 Å². The lowest BCUT2D eigenvalue weighted by molar-refractivity contribution is 0.0182. The minimum atomic E-state index is -4.10. The molecule has 1 aliphatic rings. The number of sulfonamides is 1. The maximum atomic E-state index is 14.4. The summed E-state index contributed by atoms with van der Waals surface area (Å²) in [7, 11) is -4.10. The van der Waals surface area contributed by atoms with E-state index < -0.39 is 39.1 Å². The number of anilines is 1. The molecule has 1 heterocycles. The minimum Gasteiger partial charge on any atom is -0.390 e. The monoisotopic (exact) mass is 382 g/mol. The third-order valence-corrected chi connectivity index (χ3v) is 6.52. The van der Waals surface area contributed by atoms with Crippen molar-refractivity contribution in [2.45, 2.75) is 49.1 Å². The topological polar surface area (TPSA) is 70.5 Å². The van der Waals surface area contributed by atoms with E-state index in [9.17, 15) is 22.3 Å². The van der Waals surface area contributed by atoms with Gasteiger partial charge in [-0.15, -0.1) is 0 Å². The normalized spacial score (nSPS) is 23.6. The second-order valence-corrected chi connectivity index (χ2v) is 8.62. The van der Waals surface area contributed by atoms with E-state index in [-0.39, 0.29) is 4.90 Å². The first-order valence-corrected chi connectivity index (χ1v) is 9.78. The van der Waals surface area contributed by atoms with E-state index in [4.69, 9.17) is 0 Å². The Balaban J connectivity index is 2.08. The van der Waals surface area contributed by atoms with Crippen LogP contribution in [0.1, 0.15) is 32.6 Å². The molecule has 0 bridgehead atoms. The Morgan fingerprint density at radius 3 is 2.38 bits per heavy atom. The molecule has 0 amide bonds. The average molecular weight is 382 g/mol. The van der Waals surface area contributed by atoms with Gasteiger partial charge in [-0.05, 0) is 44.7 Å². The fraction of sp³-hybridized carbons (Fsp3) is 0.389. The van der Waals surface area contributed by atoms with E-state index in [1.165, 1.54) is 12.1 Å². The number of pyridine rings is 1. The first-order chi connectivity index (χ1) is 12.2. The number of nitrogens with zero attached hydrogens (tertiary/aromatic N) is 2. The molecule has 1 N–H and O–H groups in total. The minimum absolute atomic E-state index is 0.00265. The van der Waals surface area contributed by atoms with Crippen LogP contribution in [0.3, 0.4) is 0 Å². The molecule has 1 aliphatic carbocycles. The lowest BCUT2D eigenvalue weighted by Crippen LogP contribution is -2.46. The Labute approximate surface area is 151 Å². The average Bonchev–Trinajstić information content (AvgIpc) is 2.59. The predicted octanol–water partition coefficient (Wildman–Crippen LogP) is 3.25. The largest absolute Gasteiger partial charge is 0.390 e. The van der Waals surface area contributed by atoms with E-state index in [1.807, 2.05) is 0 Å². The van der Waals surface area contributed by atoms with Crippen molar-refractivity contribution in [1.82, 2.24) is 4.98 Å². The molecule has 1 fully saturated rings. The molecule has 0 atom stereocenters. The van der Waals surface area contributed by atoms with Gasteiger partial charge in [0.1, 0.15) is 5.82 Å². The molecule has 1 saturated carbocycles. The quantitative estimate of drug-likeness (QED) is 0.881. The molecule has 3 rings (SSSR count). The highest BCUT2D eigenvalue weighted by Gasteiger charge is 2.39. The first-order valence-electron chi connectivity index (χ1n) is 8.34. The fourth-order valence-electron chi connectivity index (χ4n) is 3.22. The van der Waals surface area contributed by atoms with Gasteiger partial charge in [-0.25, -0.2) is 26.5 Å². The van der Waals surface area contributed by atoms with Gasteiger partial charge < -0.3 is 5.11 Å². The number of benzene rings is 1. The Kier molecular flexibility index (Phi) is 4.98. The zero-order chi connectivity index (χ0) is 18.9. The van der Waals surface area contributed by atoms with E-state index in [2.05, 4.69) is 4.98 Å². The molecule has 0 spiro atoms. The molecule has 2 aromatic rings. The van der Waals surface area contributed by atoms with Crippen LogP contribution in [0.5, 0.6) is 0 Å². The van der Waals surface area contributed by atoms with Crippen molar-refractivity contribution in [3.05, 3.63) is 54.2 Å². The summed E-state index contributed by atoms with van der Waals surface area (Å²) in [5.74, 6) is -2.35. The van der Waals surface area contributed by atoms with Crippen LogP contribution in [-0.4, -0.2) is 30.2 Å². The van der Waals surface area contributed by atoms with Crippen LogP contribution in [0.15, 0.2) is 47.5 Å². The van der Waals surface area contributed by atoms with Gasteiger partial charge in [0.15, 0.2) is 11.6 Å². The van der Waals surface area contributed by atoms with Gasteiger partial charge in [-0.3, -0.25) is 0 Å². The van der Waals surface area contributed by atoms with Crippen molar-refractivity contribution in [1.29, 1.82) is 0 Å². The molecule has 5 nitrogen and oxygen atoms in total. The highest BCUT2D eigenvalue weighted by molar-refractivity contribution is 7.92. The van der Waals surface area contributed by atoms with Gasteiger partial charge in [0.25, 0.3) is 10.0 Å². The second-order valence-electron chi connectivity index (χ2n) is 6.80. The lowest BCUT2D eigenvalue weighted by Gasteiger charge is -2.39. The molecule has 0 unspecified atom stereocenters. The highest BCUT2D eigenvalue weighted by atomic mass is 32.2. The van der Waals surface area contributed by atoms with Gasteiger partial charge in [-0.2, -0.15) is 0 Å². The van der Waals surface area contributed by atoms with Crippen LogP contribution >= 0.6 is 0 Å². The summed E-state index contributed by atoms with van der Waals surface area (Å²) in [4.78, 5) is 3.72. The molecule has 140 valence electrons. The maximum Gasteiger partial charge on any atom is 0.265 e. The summed E-state index contributed by atoms with van der Waals surface area (Å²) in [6.45, 7) is 1.69. The lowest BCUT2D eigenvalue weighted by atomic mass is 9.83. The van der Waals surface area contributed by atoms with E-state index >= 15 is 0 Å². The summed E-state index contributed by atoms with van der Waals surface area (Å²) < 4.78 is 55.0. The highest BCUT2D eigenvalue weighted by Crippen LogP contribution is 2.36. The molecule has 0 aliphatic heterocycles. The van der Waals surface area contributed by atoms with Crippen molar-refractivity contribution in [2.75, 3.05) is 4.31 Å². The van der Waals surface area contributed by atoms with Crippen molar-refractivity contribution < 1.29 is 22.3 Å². The van der Waals surface area contributed by atoms with Crippen molar-refractivity contribution >= 4 is 15.8 Å². The Bertz CT molecular complexity index is 879. The molecule has 1 aromatic carbocycles. The zero-order valence-corrected chi connectivity index (χ0v) is 15.1. The van der Waals surface area contributed by atoms with Crippen molar-refractivity contribution in [3.63, 3.8) is 0 Å². The van der Waals surface area contributed by atoms with Crippen LogP contribution in [-0.2, 0) is 10.0 Å². The van der Waals surface area contributed by atoms with E-state index in [1.54, 1.807) is 25.1 Å². The summed E-state index contributed by atoms with van der Waals surface area (Å²) in [5.41, 5.74) is -0.881. The number of aromatic nitrogens is 1. The van der Waals surface area contributed by atoms with E-state index in [0.29, 0.717) is 31.7 Å². The van der Waals surface area contributed by atoms with Gasteiger partial charge in [0.2, 0.25) is 0 Å². The standard InChI is InChI=1S/C18H20F2N2O3S/c1-18(23)9-7-14(8-10-18)22(17-16(20)11-13(19)12-21-17)26(24,25)15-5-3-2-4-6-15/h2-6,11-12,14,23H,7-10H2,1H3. The Morgan fingerprint density at radius 1 is 1.19 bits per heavy atom. The zero-order valence-electron chi connectivity index (χ0n) is 14.3. The van der Waals surface area contributed by atoms with Gasteiger partial charge in [0, 0.05) is 12.1 Å². The SMILES string of the molecule is CC1(O)CCC(N(c2ncc(F)cc2F)S(=O)(=O)c2ccccc2)CC1. The fourth-order valence-corrected chi connectivity index (χ4v) is 4.91. The first kappa shape index (κ1) is 18.7. The Morgan fingerprint density at radius 2 is 1.81 bits per heavy atom. The number of hydrogen-bond donors (Lipinski definition) is 1. The summed E-state index contributed by atoms with van der Waals surface area (Å²) in [6, 6.07) is 7.71. The number of aliphatic hydroxyl groups is 1. The molecule has 0 saturated heterocycles. The van der Waals surface area contributed by atoms with Crippen LogP contribution < -0.4 is 4.31 Å². The van der Waals surface area contributed by atoms with Crippen LogP contribution in [0.2, 0.25) is 0 Å². The smallest absolute Gasteiger partial charge is 0.265 e. The predicted molar refractivity (Wildman–Crippen MR) is 93.1 cm³/mol. The molecule has 26 heavy (non-hydrogen) atoms. The molecule has 0 radical (unpaired) electrons. The summed E-state index contributed by atoms with van der Waals surface area (Å²) in [5, 5.41) is 10.1. The molecule has 8 heteroatoms. The third-order valence-electron chi connectivity index (χ3n) is 4.66. The van der Waals surface area contributed by atoms with E-state index in [0.717, 1.165) is 10.5 Å². The Hall–Kier alpha value is -2.06. The summed E-state index contributed by atoms with van der Waals surface area (Å²) >= 11 is 0. The number of halogens is 2. The summed E-state index contributed by atoms with van der Waals surface area (Å²) in [6.07, 6.45) is 2.24. The van der Waals surface area contributed by atoms with Crippen LogP contribution in [0.25, 0.3) is 0 Å². The molecular weight excluding hydrogens is 362 g/mol. The van der Waals surface area contributed by atoms with Gasteiger partial charge in [-0.1, -0.05) is 18.2 Å². The van der Waals surface area contributed by atoms with Gasteiger partial charge in [0.05, 0.1) is 16.7 Å². The molecular formula is C18H20F2N2O3S. The maximum absolute atomic E-state index is 14.4. The number of rotatable bonds is 4. The van der Waals surface area contributed by atoms with Crippen LogP contribution in [0, 0.1) is 11.6 Å². The van der Waals surface area contributed by atoms with Crippen LogP contribution in [0.4, 0.5) is 14.6 Å².